The van der Waals surface area contributed by atoms with Gasteiger partial charge in [-0.1, -0.05) is 5.57 Å². The van der Waals surface area contributed by atoms with Crippen molar-refractivity contribution in [1.29, 1.82) is 0 Å². The van der Waals surface area contributed by atoms with Gasteiger partial charge in [-0.25, -0.2) is 17.6 Å². The van der Waals surface area contributed by atoms with Crippen LogP contribution in [0.15, 0.2) is 11.1 Å². The standard InChI is InChI=1S/C21H30F4N2O2/c1-9-17(21(29)27-16-7-6-14(23)19(25)18(9)16)10(2)20(28)26-11(3)13-5-4-12(22)8-15(13)24/h10-16,18-19H,4-8H2,1-3H3,(H,26,28)(H,27,29)/t10-,11+,12?,13?,14?,15?,16?,18?,19?/m1/s1. The number of halogens is 4. The highest BCUT2D eigenvalue weighted by Gasteiger charge is 2.47. The molecule has 0 aromatic heterocycles. The Kier molecular flexibility index (Phi) is 6.58. The molecule has 0 bridgehead atoms. The van der Waals surface area contributed by atoms with E-state index in [2.05, 4.69) is 10.6 Å². The summed E-state index contributed by atoms with van der Waals surface area (Å²) in [5, 5.41) is 5.47. The van der Waals surface area contributed by atoms with Gasteiger partial charge < -0.3 is 10.6 Å². The molecular weight excluding hydrogens is 388 g/mol. The zero-order chi connectivity index (χ0) is 21.5. The van der Waals surface area contributed by atoms with E-state index in [-0.39, 0.29) is 24.8 Å². The second-order valence-corrected chi connectivity index (χ2v) is 8.85. The summed E-state index contributed by atoms with van der Waals surface area (Å²) in [4.78, 5) is 25.4. The van der Waals surface area contributed by atoms with Crippen LogP contribution in [0.1, 0.15) is 52.9 Å². The van der Waals surface area contributed by atoms with Crippen LogP contribution in [0.4, 0.5) is 17.6 Å². The number of carbonyl (C=O) groups excluding carboxylic acids is 2. The largest absolute Gasteiger partial charge is 0.353 e. The molecule has 29 heavy (non-hydrogen) atoms. The van der Waals surface area contributed by atoms with Gasteiger partial charge in [0.1, 0.15) is 24.7 Å². The zero-order valence-electron chi connectivity index (χ0n) is 17.1. The van der Waals surface area contributed by atoms with Crippen LogP contribution in [0.5, 0.6) is 0 Å². The predicted molar refractivity (Wildman–Crippen MR) is 101 cm³/mol. The summed E-state index contributed by atoms with van der Waals surface area (Å²) in [7, 11) is 0. The molecule has 2 saturated carbocycles. The minimum absolute atomic E-state index is 0.0598. The Morgan fingerprint density at radius 3 is 2.41 bits per heavy atom. The molecule has 3 aliphatic rings. The summed E-state index contributed by atoms with van der Waals surface area (Å²) in [5.41, 5.74) is 0.558. The summed E-state index contributed by atoms with van der Waals surface area (Å²) < 4.78 is 56.0. The van der Waals surface area contributed by atoms with Crippen molar-refractivity contribution in [3.63, 3.8) is 0 Å². The molecule has 0 aromatic carbocycles. The van der Waals surface area contributed by atoms with Gasteiger partial charge >= 0.3 is 0 Å². The predicted octanol–water partition coefficient (Wildman–Crippen LogP) is 3.50. The number of alkyl halides is 4. The Bertz CT molecular complexity index is 686. The van der Waals surface area contributed by atoms with E-state index in [0.29, 0.717) is 18.4 Å². The maximum Gasteiger partial charge on any atom is 0.248 e. The normalized spacial score (nSPS) is 40.0. The molecule has 2 aliphatic carbocycles. The van der Waals surface area contributed by atoms with Crippen LogP contribution in [-0.2, 0) is 9.59 Å². The third kappa shape index (κ3) is 4.31. The lowest BCUT2D eigenvalue weighted by molar-refractivity contribution is -0.128. The molecule has 0 spiro atoms. The van der Waals surface area contributed by atoms with Crippen molar-refractivity contribution < 1.29 is 27.2 Å². The molecule has 1 heterocycles. The Morgan fingerprint density at radius 2 is 1.76 bits per heavy atom. The number of hydrogen-bond acceptors (Lipinski definition) is 2. The maximum atomic E-state index is 14.5. The summed E-state index contributed by atoms with van der Waals surface area (Å²) in [6.45, 7) is 4.80. The second-order valence-electron chi connectivity index (χ2n) is 8.85. The van der Waals surface area contributed by atoms with Crippen molar-refractivity contribution in [3.05, 3.63) is 11.1 Å². The number of amides is 2. The fourth-order valence-corrected chi connectivity index (χ4v) is 5.21. The lowest BCUT2D eigenvalue weighted by atomic mass is 9.72. The van der Waals surface area contributed by atoms with Crippen LogP contribution in [0, 0.1) is 17.8 Å². The number of hydrogen-bond donors (Lipinski definition) is 2. The molecule has 3 rings (SSSR count). The van der Waals surface area contributed by atoms with Crippen LogP contribution < -0.4 is 10.6 Å². The molecule has 7 unspecified atom stereocenters. The molecule has 0 radical (unpaired) electrons. The van der Waals surface area contributed by atoms with Crippen molar-refractivity contribution in [3.8, 4) is 0 Å². The Labute approximate surface area is 168 Å². The van der Waals surface area contributed by atoms with E-state index in [1.807, 2.05) is 0 Å². The molecular formula is C21H30F4N2O2. The summed E-state index contributed by atoms with van der Waals surface area (Å²) in [6, 6.07) is -0.989. The lowest BCUT2D eigenvalue weighted by Crippen LogP contribution is -2.55. The second kappa shape index (κ2) is 8.64. The van der Waals surface area contributed by atoms with Gasteiger partial charge in [0.05, 0.1) is 5.92 Å². The number of fused-ring (bicyclic) bond motifs is 1. The van der Waals surface area contributed by atoms with Crippen LogP contribution in [0.2, 0.25) is 0 Å². The van der Waals surface area contributed by atoms with Gasteiger partial charge in [0.25, 0.3) is 0 Å². The molecule has 2 fully saturated rings. The first-order chi connectivity index (χ1) is 13.6. The first-order valence-corrected chi connectivity index (χ1v) is 10.5. The molecule has 1 aliphatic heterocycles. The van der Waals surface area contributed by atoms with Crippen molar-refractivity contribution in [1.82, 2.24) is 10.6 Å². The summed E-state index contributed by atoms with van der Waals surface area (Å²) in [5.74, 6) is -3.07. The first kappa shape index (κ1) is 22.1. The fraction of sp³-hybridized carbons (Fsp3) is 0.810. The van der Waals surface area contributed by atoms with E-state index in [0.717, 1.165) is 0 Å². The van der Waals surface area contributed by atoms with Crippen molar-refractivity contribution in [2.24, 2.45) is 17.8 Å². The van der Waals surface area contributed by atoms with Gasteiger partial charge in [-0.05, 0) is 46.5 Å². The Hall–Kier alpha value is -1.60. The lowest BCUT2D eigenvalue weighted by Gasteiger charge is -2.42. The van der Waals surface area contributed by atoms with E-state index >= 15 is 0 Å². The van der Waals surface area contributed by atoms with Gasteiger partial charge in [-0.3, -0.25) is 9.59 Å². The molecule has 4 nitrogen and oxygen atoms in total. The average molecular weight is 418 g/mol. The summed E-state index contributed by atoms with van der Waals surface area (Å²) >= 11 is 0. The maximum absolute atomic E-state index is 14.5. The summed E-state index contributed by atoms with van der Waals surface area (Å²) in [6.07, 6.45) is -4.94. The third-order valence-corrected chi connectivity index (χ3v) is 6.96. The SMILES string of the molecule is CC1=C([C@@H](C)C(=O)N[C@@H](C)C2CCC(F)CC2F)C(=O)NC2CCC(F)C(F)C12. The van der Waals surface area contributed by atoms with E-state index < -0.39 is 66.3 Å². The molecule has 8 heteroatoms. The Morgan fingerprint density at radius 1 is 1.07 bits per heavy atom. The van der Waals surface area contributed by atoms with Crippen LogP contribution >= 0.6 is 0 Å². The van der Waals surface area contributed by atoms with Gasteiger partial charge in [-0.15, -0.1) is 0 Å². The van der Waals surface area contributed by atoms with E-state index in [9.17, 15) is 27.2 Å². The number of rotatable bonds is 4. The zero-order valence-corrected chi connectivity index (χ0v) is 17.1. The third-order valence-electron chi connectivity index (χ3n) is 6.96. The van der Waals surface area contributed by atoms with Gasteiger partial charge in [0.2, 0.25) is 11.8 Å². The van der Waals surface area contributed by atoms with Crippen LogP contribution in [-0.4, -0.2) is 48.6 Å². The smallest absolute Gasteiger partial charge is 0.248 e. The van der Waals surface area contributed by atoms with Gasteiger partial charge in [-0.2, -0.15) is 0 Å². The molecule has 0 saturated heterocycles. The highest BCUT2D eigenvalue weighted by Crippen LogP contribution is 2.40. The molecule has 2 N–H and O–H groups in total. The topological polar surface area (TPSA) is 58.2 Å². The number of carbonyl (C=O) groups is 2. The highest BCUT2D eigenvalue weighted by molar-refractivity contribution is 6.01. The highest BCUT2D eigenvalue weighted by atomic mass is 19.2. The van der Waals surface area contributed by atoms with E-state index in [4.69, 9.17) is 0 Å². The quantitative estimate of drug-likeness (QED) is 0.687. The Balaban J connectivity index is 1.73. The molecule has 164 valence electrons. The van der Waals surface area contributed by atoms with E-state index in [1.165, 1.54) is 6.92 Å². The molecule has 2 amide bonds. The minimum Gasteiger partial charge on any atom is -0.353 e. The van der Waals surface area contributed by atoms with Crippen molar-refractivity contribution >= 4 is 11.8 Å². The van der Waals surface area contributed by atoms with Crippen LogP contribution in [0.25, 0.3) is 0 Å². The number of nitrogens with one attached hydrogen (secondary N) is 2. The monoisotopic (exact) mass is 418 g/mol. The van der Waals surface area contributed by atoms with Crippen molar-refractivity contribution in [2.45, 2.75) is 89.6 Å². The van der Waals surface area contributed by atoms with Crippen LogP contribution in [0.3, 0.4) is 0 Å². The van der Waals surface area contributed by atoms with Gasteiger partial charge in [0, 0.05) is 35.9 Å². The van der Waals surface area contributed by atoms with E-state index in [1.54, 1.807) is 13.8 Å². The van der Waals surface area contributed by atoms with Crippen molar-refractivity contribution in [2.75, 3.05) is 0 Å². The van der Waals surface area contributed by atoms with Gasteiger partial charge in [0.15, 0.2) is 0 Å². The molecule has 9 atom stereocenters. The average Bonchev–Trinajstić information content (AvgIpc) is 2.64. The fourth-order valence-electron chi connectivity index (χ4n) is 5.21. The first-order valence-electron chi connectivity index (χ1n) is 10.5. The minimum atomic E-state index is -1.72. The molecule has 0 aromatic rings.